The fourth-order valence-electron chi connectivity index (χ4n) is 3.58. The second kappa shape index (κ2) is 3.17. The average molecular weight is 242 g/mol. The van der Waals surface area contributed by atoms with Crippen molar-refractivity contribution in [1.29, 1.82) is 0 Å². The van der Waals surface area contributed by atoms with Crippen LogP contribution < -0.4 is 0 Å². The van der Waals surface area contributed by atoms with Crippen molar-refractivity contribution in [1.82, 2.24) is 0 Å². The van der Waals surface area contributed by atoms with Crippen molar-refractivity contribution in [3.05, 3.63) is 34.9 Å². The van der Waals surface area contributed by atoms with E-state index in [2.05, 4.69) is 32.1 Å². The van der Waals surface area contributed by atoms with Crippen molar-refractivity contribution < 1.29 is 9.53 Å². The van der Waals surface area contributed by atoms with E-state index in [1.165, 1.54) is 12.7 Å². The van der Waals surface area contributed by atoms with Gasteiger partial charge in [-0.1, -0.05) is 48.8 Å². The molecule has 4 rings (SSSR count). The van der Waals surface area contributed by atoms with E-state index < -0.39 is 0 Å². The molecule has 0 radical (unpaired) electrons. The molecule has 0 amide bonds. The molecule has 18 heavy (non-hydrogen) atoms. The van der Waals surface area contributed by atoms with Gasteiger partial charge < -0.3 is 4.74 Å². The zero-order chi connectivity index (χ0) is 12.6. The van der Waals surface area contributed by atoms with E-state index in [4.69, 9.17) is 4.74 Å². The number of allylic oxidation sites excluding steroid dienone is 6. The minimum absolute atomic E-state index is 0.0288. The predicted octanol–water partition coefficient (Wildman–Crippen LogP) is 2.73. The van der Waals surface area contributed by atoms with Crippen molar-refractivity contribution in [2.24, 2.45) is 35.5 Å². The Labute approximate surface area is 107 Å². The topological polar surface area (TPSA) is 26.3 Å². The maximum absolute atomic E-state index is 11.6. The molecule has 5 unspecified atom stereocenters. The van der Waals surface area contributed by atoms with E-state index in [1.54, 1.807) is 11.1 Å². The molecule has 1 fully saturated rings. The molecule has 94 valence electrons. The molecule has 0 heterocycles. The molecule has 1 saturated carbocycles. The molecule has 6 atom stereocenters. The number of methoxy groups -OCH3 is 1. The van der Waals surface area contributed by atoms with Crippen molar-refractivity contribution in [3.63, 3.8) is 0 Å². The Kier molecular flexibility index (Phi) is 1.87. The fraction of sp³-hybridized carbons (Fsp3) is 0.562. The highest BCUT2D eigenvalue weighted by molar-refractivity contribution is 5.78. The molecule has 0 spiro atoms. The Hall–Kier alpha value is -1.31. The molecule has 2 heteroatoms. The van der Waals surface area contributed by atoms with Gasteiger partial charge in [0.15, 0.2) is 0 Å². The molecular weight excluding hydrogens is 224 g/mol. The molecule has 2 nitrogen and oxygen atoms in total. The molecule has 0 aromatic heterocycles. The zero-order valence-corrected chi connectivity index (χ0v) is 11.0. The highest BCUT2D eigenvalue weighted by Crippen LogP contribution is 2.63. The first-order valence-electron chi connectivity index (χ1n) is 6.86. The van der Waals surface area contributed by atoms with Gasteiger partial charge in [0.1, 0.15) is 0 Å². The van der Waals surface area contributed by atoms with Crippen LogP contribution >= 0.6 is 0 Å². The van der Waals surface area contributed by atoms with Crippen molar-refractivity contribution in [2.45, 2.75) is 13.8 Å². The molecule has 0 N–H and O–H groups in total. The van der Waals surface area contributed by atoms with Crippen LogP contribution in [0.3, 0.4) is 0 Å². The average Bonchev–Trinajstić information content (AvgIpc) is 3.09. The summed E-state index contributed by atoms with van der Waals surface area (Å²) in [5.74, 6) is 3.03. The van der Waals surface area contributed by atoms with E-state index in [9.17, 15) is 4.79 Å². The van der Waals surface area contributed by atoms with E-state index in [-0.39, 0.29) is 11.9 Å². The van der Waals surface area contributed by atoms with Gasteiger partial charge in [-0.25, -0.2) is 0 Å². The Morgan fingerprint density at radius 1 is 1.06 bits per heavy atom. The third-order valence-corrected chi connectivity index (χ3v) is 5.03. The van der Waals surface area contributed by atoms with E-state index >= 15 is 0 Å². The molecule has 0 aromatic rings. The number of rotatable bonds is 4. The quantitative estimate of drug-likeness (QED) is 0.559. The largest absolute Gasteiger partial charge is 0.469 e. The normalized spacial score (nSPS) is 46.7. The third kappa shape index (κ3) is 1.38. The maximum Gasteiger partial charge on any atom is 0.309 e. The first-order chi connectivity index (χ1) is 8.63. The van der Waals surface area contributed by atoms with Crippen LogP contribution in [0.4, 0.5) is 0 Å². The summed E-state index contributed by atoms with van der Waals surface area (Å²) in [4.78, 5) is 11.6. The molecule has 0 aromatic carbocycles. The Balaban J connectivity index is 1.35. The lowest BCUT2D eigenvalue weighted by atomic mass is 10.1. The summed E-state index contributed by atoms with van der Waals surface area (Å²) < 4.78 is 4.86. The van der Waals surface area contributed by atoms with Gasteiger partial charge in [-0.2, -0.15) is 0 Å². The summed E-state index contributed by atoms with van der Waals surface area (Å²) in [5, 5.41) is 0. The monoisotopic (exact) mass is 242 g/mol. The first-order valence-corrected chi connectivity index (χ1v) is 6.86. The molecule has 0 saturated heterocycles. The van der Waals surface area contributed by atoms with Crippen LogP contribution in [-0.2, 0) is 9.53 Å². The number of ether oxygens (including phenoxy) is 1. The molecule has 4 aliphatic carbocycles. The number of hydrogen-bond acceptors (Lipinski definition) is 2. The number of carbonyl (C=O) groups is 1. The van der Waals surface area contributed by atoms with Crippen molar-refractivity contribution in [3.8, 4) is 0 Å². The highest BCUT2D eigenvalue weighted by atomic mass is 16.5. The Morgan fingerprint density at radius 2 is 1.67 bits per heavy atom. The second-order valence-corrected chi connectivity index (χ2v) is 6.18. The number of carbonyl (C=O) groups excluding carboxylic acids is 1. The standard InChI is InChI=1S/C16H18O2/c1-7-4-9(7)10-5-11(10)12-6-13(12)14-8(2)15(14)16(17)18-3/h4-8,10,12,14-15H,1-3H3/t7-,8?,10?,12?,14?,15?/m1/s1. The summed E-state index contributed by atoms with van der Waals surface area (Å²) in [7, 11) is 1.49. The summed E-state index contributed by atoms with van der Waals surface area (Å²) in [6.45, 7) is 4.42. The van der Waals surface area contributed by atoms with E-state index in [1.807, 2.05) is 0 Å². The molecule has 0 aliphatic heterocycles. The predicted molar refractivity (Wildman–Crippen MR) is 68.6 cm³/mol. The number of esters is 1. The second-order valence-electron chi connectivity index (χ2n) is 6.18. The van der Waals surface area contributed by atoms with Gasteiger partial charge in [0.25, 0.3) is 0 Å². The van der Waals surface area contributed by atoms with Crippen molar-refractivity contribution in [2.75, 3.05) is 7.11 Å². The van der Waals surface area contributed by atoms with Crippen LogP contribution in [0.15, 0.2) is 34.9 Å². The molecule has 0 bridgehead atoms. The van der Waals surface area contributed by atoms with Crippen LogP contribution in [-0.4, -0.2) is 13.1 Å². The molecule has 4 aliphatic rings. The van der Waals surface area contributed by atoms with Crippen LogP contribution in [0.2, 0.25) is 0 Å². The minimum atomic E-state index is -0.0288. The third-order valence-electron chi connectivity index (χ3n) is 5.03. The summed E-state index contributed by atoms with van der Waals surface area (Å²) in [6, 6.07) is 0. The van der Waals surface area contributed by atoms with Gasteiger partial charge in [-0.3, -0.25) is 4.79 Å². The van der Waals surface area contributed by atoms with Crippen LogP contribution in [0, 0.1) is 35.5 Å². The zero-order valence-electron chi connectivity index (χ0n) is 11.0. The van der Waals surface area contributed by atoms with Crippen LogP contribution in [0.25, 0.3) is 0 Å². The van der Waals surface area contributed by atoms with Gasteiger partial charge in [-0.05, 0) is 17.8 Å². The van der Waals surface area contributed by atoms with E-state index in [0.29, 0.717) is 23.7 Å². The van der Waals surface area contributed by atoms with Crippen molar-refractivity contribution >= 4 is 5.97 Å². The van der Waals surface area contributed by atoms with Crippen LogP contribution in [0.1, 0.15) is 13.8 Å². The van der Waals surface area contributed by atoms with Gasteiger partial charge in [0, 0.05) is 11.8 Å². The highest BCUT2D eigenvalue weighted by Gasteiger charge is 2.59. The lowest BCUT2D eigenvalue weighted by Gasteiger charge is -1.98. The Bertz CT molecular complexity index is 537. The Morgan fingerprint density at radius 3 is 2.28 bits per heavy atom. The molecular formula is C16H18O2. The van der Waals surface area contributed by atoms with Gasteiger partial charge in [0.05, 0.1) is 13.0 Å². The van der Waals surface area contributed by atoms with Crippen LogP contribution in [0.5, 0.6) is 0 Å². The first kappa shape index (κ1) is 10.6. The smallest absolute Gasteiger partial charge is 0.309 e. The fourth-order valence-corrected chi connectivity index (χ4v) is 3.58. The lowest BCUT2D eigenvalue weighted by molar-refractivity contribution is -0.142. The number of hydrogen-bond donors (Lipinski definition) is 0. The van der Waals surface area contributed by atoms with Gasteiger partial charge >= 0.3 is 5.97 Å². The van der Waals surface area contributed by atoms with Gasteiger partial charge in [0.2, 0.25) is 0 Å². The lowest BCUT2D eigenvalue weighted by Crippen LogP contribution is -2.05. The minimum Gasteiger partial charge on any atom is -0.469 e. The summed E-state index contributed by atoms with van der Waals surface area (Å²) in [5.41, 5.74) is 4.70. The summed E-state index contributed by atoms with van der Waals surface area (Å²) in [6.07, 6.45) is 7.10. The van der Waals surface area contributed by atoms with E-state index in [0.717, 1.165) is 5.92 Å². The van der Waals surface area contributed by atoms with Gasteiger partial charge in [-0.15, -0.1) is 0 Å². The summed E-state index contributed by atoms with van der Waals surface area (Å²) >= 11 is 0. The maximum atomic E-state index is 11.6. The SMILES string of the molecule is COC(=O)C1C(C)C1C1=CC1C1=CC1C1=C[C@H]1C.